The summed E-state index contributed by atoms with van der Waals surface area (Å²) in [5.41, 5.74) is 4.26. The monoisotopic (exact) mass is 147 g/mol. The molecule has 0 aliphatic carbocycles. The highest BCUT2D eigenvalue weighted by molar-refractivity contribution is 5.72. The lowest BCUT2D eigenvalue weighted by Gasteiger charge is -2.08. The largest absolute Gasteiger partial charge is 0.481 e. The molecule has 3 heteroatoms. The summed E-state index contributed by atoms with van der Waals surface area (Å²) < 4.78 is 0. The van der Waals surface area contributed by atoms with Gasteiger partial charge >= 0.3 is 5.97 Å². The van der Waals surface area contributed by atoms with Crippen molar-refractivity contribution in [2.45, 2.75) is 27.7 Å². The van der Waals surface area contributed by atoms with Crippen molar-refractivity contribution in [2.75, 3.05) is 6.54 Å². The summed E-state index contributed by atoms with van der Waals surface area (Å²) in [4.78, 5) is 10.0. The molecule has 0 rings (SSSR count). The highest BCUT2D eigenvalue weighted by atomic mass is 16.4. The summed E-state index contributed by atoms with van der Waals surface area (Å²) in [6, 6.07) is 0. The van der Waals surface area contributed by atoms with E-state index in [4.69, 9.17) is 10.8 Å². The zero-order valence-corrected chi connectivity index (χ0v) is 7.14. The van der Waals surface area contributed by atoms with Gasteiger partial charge in [-0.1, -0.05) is 6.92 Å². The average molecular weight is 147 g/mol. The summed E-state index contributed by atoms with van der Waals surface area (Å²) in [5, 5.41) is 8.25. The van der Waals surface area contributed by atoms with Crippen molar-refractivity contribution in [2.24, 2.45) is 11.1 Å². The van der Waals surface area contributed by atoms with Crippen LogP contribution < -0.4 is 5.73 Å². The summed E-state index contributed by atoms with van der Waals surface area (Å²) in [6.07, 6.45) is 0. The van der Waals surface area contributed by atoms with E-state index in [1.54, 1.807) is 20.8 Å². The van der Waals surface area contributed by atoms with Gasteiger partial charge in [-0.25, -0.2) is 0 Å². The molecule has 0 saturated carbocycles. The number of hydrogen-bond acceptors (Lipinski definition) is 2. The van der Waals surface area contributed by atoms with Crippen molar-refractivity contribution in [3.05, 3.63) is 0 Å². The van der Waals surface area contributed by atoms with Gasteiger partial charge in [0.25, 0.3) is 0 Å². The lowest BCUT2D eigenvalue weighted by molar-refractivity contribution is -0.145. The molecule has 0 unspecified atom stereocenters. The van der Waals surface area contributed by atoms with Crippen LogP contribution in [-0.2, 0) is 4.79 Å². The lowest BCUT2D eigenvalue weighted by Crippen LogP contribution is -2.18. The van der Waals surface area contributed by atoms with Crippen molar-refractivity contribution >= 4 is 5.97 Å². The molecule has 0 aliphatic rings. The molecule has 0 atom stereocenters. The number of hydrogen-bond donors (Lipinski definition) is 2. The van der Waals surface area contributed by atoms with Crippen LogP contribution in [0.3, 0.4) is 0 Å². The zero-order chi connectivity index (χ0) is 8.78. The van der Waals surface area contributed by atoms with Crippen LogP contribution in [0.1, 0.15) is 27.7 Å². The molecule has 10 heavy (non-hydrogen) atoms. The maximum Gasteiger partial charge on any atom is 0.308 e. The normalized spacial score (nSPS) is 9.70. The number of carboxylic acid groups (broad SMARTS) is 1. The van der Waals surface area contributed by atoms with E-state index >= 15 is 0 Å². The van der Waals surface area contributed by atoms with E-state index in [9.17, 15) is 4.79 Å². The van der Waals surface area contributed by atoms with Crippen molar-refractivity contribution in [3.8, 4) is 0 Å². The van der Waals surface area contributed by atoms with E-state index in [0.29, 0.717) is 0 Å². The summed E-state index contributed by atoms with van der Waals surface area (Å²) in [5.74, 6) is -0.757. The standard InChI is InChI=1S/C5H10O2.C2H7N/c1-5(2,3)4(6)7;1-2-3/h1-3H3,(H,6,7);2-3H2,1H3. The first-order valence-corrected chi connectivity index (χ1v) is 3.29. The van der Waals surface area contributed by atoms with E-state index in [-0.39, 0.29) is 0 Å². The van der Waals surface area contributed by atoms with Crippen LogP contribution in [-0.4, -0.2) is 17.6 Å². The topological polar surface area (TPSA) is 63.3 Å². The Balaban J connectivity index is 0. The minimum absolute atomic E-state index is 0.583. The molecule has 0 aromatic rings. The van der Waals surface area contributed by atoms with Crippen molar-refractivity contribution in [1.82, 2.24) is 0 Å². The zero-order valence-electron chi connectivity index (χ0n) is 7.14. The number of carbonyl (C=O) groups is 1. The molecule has 3 N–H and O–H groups in total. The number of carboxylic acids is 1. The first-order chi connectivity index (χ1) is 4.36. The molecule has 3 nitrogen and oxygen atoms in total. The van der Waals surface area contributed by atoms with E-state index in [0.717, 1.165) is 6.54 Å². The predicted molar refractivity (Wildman–Crippen MR) is 41.8 cm³/mol. The maximum absolute atomic E-state index is 10.0. The van der Waals surface area contributed by atoms with Crippen LogP contribution in [0.2, 0.25) is 0 Å². The second kappa shape index (κ2) is 5.23. The lowest BCUT2D eigenvalue weighted by atomic mass is 9.98. The first kappa shape index (κ1) is 12.1. The van der Waals surface area contributed by atoms with Crippen LogP contribution in [0.15, 0.2) is 0 Å². The molecular formula is C7H17NO2. The second-order valence-corrected chi connectivity index (χ2v) is 2.96. The van der Waals surface area contributed by atoms with Crippen molar-refractivity contribution in [1.29, 1.82) is 0 Å². The Morgan fingerprint density at radius 1 is 1.50 bits per heavy atom. The van der Waals surface area contributed by atoms with Crippen molar-refractivity contribution in [3.63, 3.8) is 0 Å². The Labute approximate surface area is 62.2 Å². The molecule has 0 fully saturated rings. The number of rotatable bonds is 0. The molecule has 0 aromatic heterocycles. The molecule has 0 amide bonds. The Bertz CT molecular complexity index is 94.3. The van der Waals surface area contributed by atoms with Crippen LogP contribution in [0.5, 0.6) is 0 Å². The van der Waals surface area contributed by atoms with Crippen LogP contribution in [0, 0.1) is 5.41 Å². The molecule has 0 aromatic carbocycles. The molecular weight excluding hydrogens is 130 g/mol. The average Bonchev–Trinajstić information content (AvgIpc) is 1.64. The SMILES string of the molecule is CC(C)(C)C(=O)O.CCN. The van der Waals surface area contributed by atoms with Gasteiger partial charge in [0.05, 0.1) is 5.41 Å². The van der Waals surface area contributed by atoms with Gasteiger partial charge in [0.1, 0.15) is 0 Å². The Hall–Kier alpha value is -0.570. The summed E-state index contributed by atoms with van der Waals surface area (Å²) >= 11 is 0. The molecule has 0 bridgehead atoms. The predicted octanol–water partition coefficient (Wildman–Crippen LogP) is 1.08. The smallest absolute Gasteiger partial charge is 0.308 e. The minimum Gasteiger partial charge on any atom is -0.481 e. The summed E-state index contributed by atoms with van der Waals surface area (Å²) in [6.45, 7) is 7.64. The fourth-order valence-electron chi connectivity index (χ4n) is 0. The van der Waals surface area contributed by atoms with E-state index < -0.39 is 11.4 Å². The highest BCUT2D eigenvalue weighted by Crippen LogP contribution is 2.11. The van der Waals surface area contributed by atoms with Crippen LogP contribution >= 0.6 is 0 Å². The molecule has 0 saturated heterocycles. The van der Waals surface area contributed by atoms with Gasteiger partial charge in [-0.15, -0.1) is 0 Å². The Morgan fingerprint density at radius 2 is 1.60 bits per heavy atom. The number of nitrogens with two attached hydrogens (primary N) is 1. The second-order valence-electron chi connectivity index (χ2n) is 2.96. The van der Waals surface area contributed by atoms with Gasteiger partial charge in [0.2, 0.25) is 0 Å². The van der Waals surface area contributed by atoms with Crippen LogP contribution in [0.4, 0.5) is 0 Å². The summed E-state index contributed by atoms with van der Waals surface area (Å²) in [7, 11) is 0. The third-order valence-corrected chi connectivity index (χ3v) is 0.642. The van der Waals surface area contributed by atoms with E-state index in [2.05, 4.69) is 0 Å². The molecule has 62 valence electrons. The fraction of sp³-hybridized carbons (Fsp3) is 0.857. The highest BCUT2D eigenvalue weighted by Gasteiger charge is 2.18. The van der Waals surface area contributed by atoms with Gasteiger partial charge < -0.3 is 10.8 Å². The minimum atomic E-state index is -0.757. The fourth-order valence-corrected chi connectivity index (χ4v) is 0. The third-order valence-electron chi connectivity index (χ3n) is 0.642. The molecule has 0 aliphatic heterocycles. The van der Waals surface area contributed by atoms with Gasteiger partial charge in [-0.3, -0.25) is 4.79 Å². The quantitative estimate of drug-likeness (QED) is 0.539. The number of aliphatic carboxylic acids is 1. The Morgan fingerprint density at radius 3 is 1.60 bits per heavy atom. The Kier molecular flexibility index (Phi) is 6.35. The van der Waals surface area contributed by atoms with E-state index in [1.165, 1.54) is 0 Å². The third kappa shape index (κ3) is 10.4. The first-order valence-electron chi connectivity index (χ1n) is 3.29. The van der Waals surface area contributed by atoms with Gasteiger partial charge in [0.15, 0.2) is 0 Å². The molecule has 0 radical (unpaired) electrons. The van der Waals surface area contributed by atoms with Gasteiger partial charge in [-0.2, -0.15) is 0 Å². The van der Waals surface area contributed by atoms with Crippen molar-refractivity contribution < 1.29 is 9.90 Å². The van der Waals surface area contributed by atoms with Crippen LogP contribution in [0.25, 0.3) is 0 Å². The maximum atomic E-state index is 10.0. The molecule has 0 spiro atoms. The van der Waals surface area contributed by atoms with E-state index in [1.807, 2.05) is 6.92 Å². The molecule has 0 heterocycles. The van der Waals surface area contributed by atoms with Gasteiger partial charge in [0, 0.05) is 0 Å². The van der Waals surface area contributed by atoms with Gasteiger partial charge in [-0.05, 0) is 27.3 Å².